The van der Waals surface area contributed by atoms with Gasteiger partial charge in [-0.05, 0) is 54.7 Å². The fourth-order valence-electron chi connectivity index (χ4n) is 3.85. The van der Waals surface area contributed by atoms with Gasteiger partial charge >= 0.3 is 6.09 Å². The minimum Gasteiger partial charge on any atom is -0.441 e. The molecule has 1 aliphatic heterocycles. The highest BCUT2D eigenvalue weighted by Crippen LogP contribution is 2.37. The summed E-state index contributed by atoms with van der Waals surface area (Å²) >= 11 is 0. The minimum absolute atomic E-state index is 0.189. The van der Waals surface area contributed by atoms with Gasteiger partial charge in [0.15, 0.2) is 0 Å². The number of aliphatic hydroxyl groups is 1. The lowest BCUT2D eigenvalue weighted by Crippen LogP contribution is -2.32. The van der Waals surface area contributed by atoms with Gasteiger partial charge in [0.05, 0.1) is 24.9 Å². The first-order valence-electron chi connectivity index (χ1n) is 10.7. The molecule has 1 saturated heterocycles. The molecule has 9 nitrogen and oxygen atoms in total. The van der Waals surface area contributed by atoms with E-state index in [0.717, 1.165) is 19.3 Å². The van der Waals surface area contributed by atoms with Gasteiger partial charge < -0.3 is 9.84 Å². The van der Waals surface area contributed by atoms with Crippen molar-refractivity contribution in [2.45, 2.75) is 44.9 Å². The topological polar surface area (TPSA) is 106 Å². The largest absolute Gasteiger partial charge is 0.441 e. The fourth-order valence-corrected chi connectivity index (χ4v) is 3.85. The highest BCUT2D eigenvalue weighted by atomic mass is 19.1. The zero-order valence-corrected chi connectivity index (χ0v) is 17.6. The highest BCUT2D eigenvalue weighted by molar-refractivity contribution is 5.90. The number of nitrogens with zero attached hydrogens (tertiary/aromatic N) is 6. The Morgan fingerprint density at radius 2 is 2.12 bits per heavy atom. The van der Waals surface area contributed by atoms with Crippen LogP contribution in [0.1, 0.15) is 26.2 Å². The molecular formula is C22H23FN6O3. The summed E-state index contributed by atoms with van der Waals surface area (Å²) in [6.45, 7) is 2.91. The Bertz CT molecular complexity index is 1130. The van der Waals surface area contributed by atoms with Gasteiger partial charge in [-0.3, -0.25) is 9.88 Å². The normalized spacial score (nSPS) is 19.3. The second-order valence-corrected chi connectivity index (χ2v) is 8.17. The van der Waals surface area contributed by atoms with Crippen LogP contribution in [0.3, 0.4) is 0 Å². The number of carbonyl (C=O) groups is 1. The predicted octanol–water partition coefficient (Wildman–Crippen LogP) is 3.05. The van der Waals surface area contributed by atoms with E-state index in [9.17, 15) is 14.3 Å². The number of aryl methyl sites for hydroxylation is 1. The first-order valence-corrected chi connectivity index (χ1v) is 10.7. The van der Waals surface area contributed by atoms with Crippen LogP contribution in [0.5, 0.6) is 0 Å². The number of amides is 1. The summed E-state index contributed by atoms with van der Waals surface area (Å²) in [7, 11) is 0. The van der Waals surface area contributed by atoms with Gasteiger partial charge in [-0.1, -0.05) is 13.0 Å². The van der Waals surface area contributed by atoms with Crippen molar-refractivity contribution in [3.05, 3.63) is 42.3 Å². The van der Waals surface area contributed by atoms with E-state index < -0.39 is 24.1 Å². The lowest BCUT2D eigenvalue weighted by Gasteiger charge is -2.16. The first kappa shape index (κ1) is 20.5. The number of tetrazole rings is 1. The summed E-state index contributed by atoms with van der Waals surface area (Å²) in [5.41, 5.74) is 1.89. The van der Waals surface area contributed by atoms with Crippen molar-refractivity contribution in [1.29, 1.82) is 0 Å². The molecule has 0 spiro atoms. The molecule has 166 valence electrons. The number of cyclic esters (lactones) is 1. The van der Waals surface area contributed by atoms with E-state index in [0.29, 0.717) is 34.9 Å². The molecule has 2 aromatic heterocycles. The Kier molecular flexibility index (Phi) is 5.30. The van der Waals surface area contributed by atoms with Gasteiger partial charge in [-0.2, -0.15) is 4.80 Å². The van der Waals surface area contributed by atoms with Crippen molar-refractivity contribution in [3.8, 4) is 22.6 Å². The van der Waals surface area contributed by atoms with Crippen LogP contribution in [0.4, 0.5) is 14.9 Å². The zero-order valence-electron chi connectivity index (χ0n) is 17.6. The lowest BCUT2D eigenvalue weighted by molar-refractivity contribution is 0.0200. The molecule has 5 rings (SSSR count). The molecule has 1 unspecified atom stereocenters. The van der Waals surface area contributed by atoms with Crippen LogP contribution in [0, 0.1) is 11.7 Å². The molecule has 2 atom stereocenters. The monoisotopic (exact) mass is 438 g/mol. The van der Waals surface area contributed by atoms with Crippen LogP contribution in [0.2, 0.25) is 0 Å². The minimum atomic E-state index is -0.671. The summed E-state index contributed by atoms with van der Waals surface area (Å²) in [6.07, 6.45) is 2.51. The van der Waals surface area contributed by atoms with Gasteiger partial charge in [-0.25, -0.2) is 9.18 Å². The Labute approximate surface area is 183 Å². The van der Waals surface area contributed by atoms with E-state index in [1.165, 1.54) is 15.8 Å². The third kappa shape index (κ3) is 3.93. The van der Waals surface area contributed by atoms with Crippen molar-refractivity contribution in [1.82, 2.24) is 25.2 Å². The lowest BCUT2D eigenvalue weighted by atomic mass is 10.1. The molecule has 0 radical (unpaired) electrons. The van der Waals surface area contributed by atoms with Gasteiger partial charge in [0.1, 0.15) is 17.6 Å². The smallest absolute Gasteiger partial charge is 0.414 e. The molecule has 1 saturated carbocycles. The molecule has 2 aliphatic rings. The van der Waals surface area contributed by atoms with Crippen molar-refractivity contribution < 1.29 is 19.0 Å². The summed E-state index contributed by atoms with van der Waals surface area (Å²) in [4.78, 5) is 19.5. The molecule has 2 fully saturated rings. The molecule has 3 aromatic rings. The quantitative estimate of drug-likeness (QED) is 0.604. The molecule has 1 aromatic carbocycles. The summed E-state index contributed by atoms with van der Waals surface area (Å²) < 4.78 is 20.2. The van der Waals surface area contributed by atoms with Crippen molar-refractivity contribution in [3.63, 3.8) is 0 Å². The number of benzene rings is 1. The summed E-state index contributed by atoms with van der Waals surface area (Å²) in [6, 6.07) is 8.03. The Balaban J connectivity index is 1.32. The second-order valence-electron chi connectivity index (χ2n) is 8.17. The third-order valence-electron chi connectivity index (χ3n) is 5.77. The second kappa shape index (κ2) is 8.27. The summed E-state index contributed by atoms with van der Waals surface area (Å²) in [5, 5.41) is 22.5. The molecular weight excluding hydrogens is 415 g/mol. The van der Waals surface area contributed by atoms with Crippen LogP contribution in [-0.4, -0.2) is 55.1 Å². The average molecular weight is 438 g/mol. The van der Waals surface area contributed by atoms with Gasteiger partial charge in [0, 0.05) is 17.3 Å². The Morgan fingerprint density at radius 3 is 2.81 bits per heavy atom. The SMILES string of the molecule is CCCn1nnc(-c2ccc(-c3ccc(N4C[C@@H](C(O)C5CC5)OC4=O)cc3F)cn2)n1. The number of pyridine rings is 1. The van der Waals surface area contributed by atoms with Gasteiger partial charge in [-0.15, -0.1) is 10.2 Å². The van der Waals surface area contributed by atoms with Crippen LogP contribution in [-0.2, 0) is 11.3 Å². The molecule has 1 N–H and O–H groups in total. The van der Waals surface area contributed by atoms with E-state index >= 15 is 0 Å². The number of hydrogen-bond donors (Lipinski definition) is 1. The maximum Gasteiger partial charge on any atom is 0.414 e. The first-order chi connectivity index (χ1) is 15.5. The number of aromatic nitrogens is 5. The molecule has 1 aliphatic carbocycles. The average Bonchev–Trinajstić information content (AvgIpc) is 3.42. The number of aliphatic hydroxyl groups excluding tert-OH is 1. The number of rotatable bonds is 7. The van der Waals surface area contributed by atoms with E-state index in [2.05, 4.69) is 20.4 Å². The Morgan fingerprint density at radius 1 is 1.28 bits per heavy atom. The zero-order chi connectivity index (χ0) is 22.2. The van der Waals surface area contributed by atoms with Crippen molar-refractivity contribution >= 4 is 11.8 Å². The van der Waals surface area contributed by atoms with Crippen molar-refractivity contribution in [2.75, 3.05) is 11.4 Å². The third-order valence-corrected chi connectivity index (χ3v) is 5.77. The molecule has 3 heterocycles. The van der Waals surface area contributed by atoms with Gasteiger partial charge in [0.2, 0.25) is 5.82 Å². The van der Waals surface area contributed by atoms with E-state index in [-0.39, 0.29) is 12.5 Å². The van der Waals surface area contributed by atoms with E-state index in [1.807, 2.05) is 6.92 Å². The predicted molar refractivity (Wildman–Crippen MR) is 113 cm³/mol. The maximum absolute atomic E-state index is 14.9. The number of anilines is 1. The van der Waals surface area contributed by atoms with E-state index in [1.54, 1.807) is 30.5 Å². The van der Waals surface area contributed by atoms with Crippen LogP contribution in [0.25, 0.3) is 22.6 Å². The van der Waals surface area contributed by atoms with Gasteiger partial charge in [0.25, 0.3) is 0 Å². The molecule has 0 bridgehead atoms. The van der Waals surface area contributed by atoms with Crippen LogP contribution >= 0.6 is 0 Å². The van der Waals surface area contributed by atoms with E-state index in [4.69, 9.17) is 4.74 Å². The number of carbonyl (C=O) groups excluding carboxylic acids is 1. The maximum atomic E-state index is 14.9. The molecule has 32 heavy (non-hydrogen) atoms. The molecule has 1 amide bonds. The number of hydrogen-bond acceptors (Lipinski definition) is 7. The summed E-state index contributed by atoms with van der Waals surface area (Å²) in [5.74, 6) is 0.119. The highest BCUT2D eigenvalue weighted by Gasteiger charge is 2.43. The van der Waals surface area contributed by atoms with Crippen molar-refractivity contribution in [2.24, 2.45) is 5.92 Å². The fraction of sp³-hybridized carbons (Fsp3) is 0.409. The molecule has 10 heteroatoms. The van der Waals surface area contributed by atoms with Crippen LogP contribution in [0.15, 0.2) is 36.5 Å². The standard InChI is InChI=1S/C22H23FN6O3/c1-2-9-29-26-21(25-27-29)18-8-5-14(11-24-18)16-7-6-15(10-17(16)23)28-12-19(32-22(28)31)20(30)13-3-4-13/h5-8,10-11,13,19-20,30H,2-4,9,12H2,1H3/t19-,20?/m0/s1. The number of halogens is 1. The number of ether oxygens (including phenoxy) is 1. The Hall–Kier alpha value is -3.40. The van der Waals surface area contributed by atoms with Crippen LogP contribution < -0.4 is 4.90 Å².